The number of thiazole rings is 1. The van der Waals surface area contributed by atoms with Crippen LogP contribution in [-0.2, 0) is 16.0 Å². The maximum Gasteiger partial charge on any atom is 0.249 e. The number of hydrogen-bond donors (Lipinski definition) is 4. The minimum absolute atomic E-state index is 0.260. The molecule has 5 rings (SSSR count). The summed E-state index contributed by atoms with van der Waals surface area (Å²) in [5, 5.41) is 10.2. The van der Waals surface area contributed by atoms with Crippen LogP contribution in [0, 0.1) is 6.92 Å². The third-order valence-corrected chi connectivity index (χ3v) is 6.43. The maximum atomic E-state index is 13.1. The van der Waals surface area contributed by atoms with E-state index in [2.05, 4.69) is 31.7 Å². The van der Waals surface area contributed by atoms with E-state index in [1.165, 1.54) is 18.3 Å². The van der Waals surface area contributed by atoms with Gasteiger partial charge in [0, 0.05) is 58.0 Å². The van der Waals surface area contributed by atoms with Gasteiger partial charge in [-0.05, 0) is 24.6 Å². The Kier molecular flexibility index (Phi) is 5.43. The molecular weight excluding hydrogens is 434 g/mol. The quantitative estimate of drug-likeness (QED) is 0.295. The molecule has 2 aromatic carbocycles. The predicted molar refractivity (Wildman–Crippen MR) is 132 cm³/mol. The van der Waals surface area contributed by atoms with Crippen LogP contribution in [0.5, 0.6) is 0 Å². The number of rotatable bonds is 6. The van der Waals surface area contributed by atoms with E-state index >= 15 is 0 Å². The second-order valence-corrected chi connectivity index (χ2v) is 8.87. The number of carbonyl (C=O) groups excluding carboxylic acids is 2. The first kappa shape index (κ1) is 21.0. The molecule has 33 heavy (non-hydrogen) atoms. The van der Waals surface area contributed by atoms with Crippen LogP contribution >= 0.6 is 11.3 Å². The third-order valence-electron chi connectivity index (χ3n) is 5.68. The number of aromatic amines is 2. The van der Waals surface area contributed by atoms with Gasteiger partial charge in [-0.2, -0.15) is 0 Å². The first-order valence-corrected chi connectivity index (χ1v) is 11.5. The third kappa shape index (κ3) is 4.12. The minimum Gasteiger partial charge on any atom is -0.361 e. The molecule has 0 radical (unpaired) electrons. The molecule has 0 spiro atoms. The Bertz CT molecular complexity index is 1480. The number of fused-ring (bicyclic) bond motifs is 2. The Morgan fingerprint density at radius 2 is 1.79 bits per heavy atom. The van der Waals surface area contributed by atoms with Crippen LogP contribution in [-0.4, -0.2) is 32.8 Å². The molecule has 166 valence electrons. The molecule has 1 unspecified atom stereocenters. The monoisotopic (exact) mass is 457 g/mol. The number of para-hydroxylation sites is 2. The van der Waals surface area contributed by atoms with Crippen molar-refractivity contribution in [2.75, 3.05) is 5.32 Å². The van der Waals surface area contributed by atoms with Crippen molar-refractivity contribution in [3.8, 4) is 11.3 Å². The summed E-state index contributed by atoms with van der Waals surface area (Å²) in [5.41, 5.74) is 5.86. The van der Waals surface area contributed by atoms with Crippen LogP contribution in [0.4, 0.5) is 5.13 Å². The van der Waals surface area contributed by atoms with E-state index in [0.29, 0.717) is 11.6 Å². The summed E-state index contributed by atoms with van der Waals surface area (Å²) in [5.74, 6) is -0.559. The van der Waals surface area contributed by atoms with E-state index < -0.39 is 6.04 Å². The molecule has 3 aromatic heterocycles. The van der Waals surface area contributed by atoms with Crippen LogP contribution in [0.2, 0.25) is 0 Å². The van der Waals surface area contributed by atoms with Gasteiger partial charge in [-0.25, -0.2) is 4.98 Å². The Morgan fingerprint density at radius 3 is 2.58 bits per heavy atom. The molecule has 1 atom stereocenters. The Morgan fingerprint density at radius 1 is 1.06 bits per heavy atom. The molecule has 0 saturated carbocycles. The van der Waals surface area contributed by atoms with Crippen molar-refractivity contribution in [2.24, 2.45) is 0 Å². The molecule has 4 N–H and O–H groups in total. The zero-order valence-corrected chi connectivity index (χ0v) is 19.0. The number of aryl methyl sites for hydroxylation is 1. The van der Waals surface area contributed by atoms with Crippen molar-refractivity contribution in [3.63, 3.8) is 0 Å². The zero-order chi connectivity index (χ0) is 22.9. The number of nitrogens with one attached hydrogen (secondary N) is 4. The Labute approximate surface area is 194 Å². The maximum absolute atomic E-state index is 13.1. The average molecular weight is 458 g/mol. The molecule has 3 heterocycles. The fraction of sp³-hybridized carbons (Fsp3) is 0.160. The predicted octanol–water partition coefficient (Wildman–Crippen LogP) is 4.77. The van der Waals surface area contributed by atoms with Gasteiger partial charge >= 0.3 is 0 Å². The lowest BCUT2D eigenvalue weighted by atomic mass is 10.0. The van der Waals surface area contributed by atoms with Crippen molar-refractivity contribution in [1.82, 2.24) is 20.3 Å². The highest BCUT2D eigenvalue weighted by molar-refractivity contribution is 7.14. The van der Waals surface area contributed by atoms with Gasteiger partial charge in [0.2, 0.25) is 11.8 Å². The lowest BCUT2D eigenvalue weighted by molar-refractivity contribution is -0.125. The van der Waals surface area contributed by atoms with Gasteiger partial charge in [0.15, 0.2) is 5.13 Å². The lowest BCUT2D eigenvalue weighted by Crippen LogP contribution is -2.44. The van der Waals surface area contributed by atoms with Gasteiger partial charge in [0.25, 0.3) is 0 Å². The molecule has 0 aliphatic rings. The summed E-state index contributed by atoms with van der Waals surface area (Å²) >= 11 is 1.36. The number of carbonyl (C=O) groups is 2. The Hall–Kier alpha value is -3.91. The van der Waals surface area contributed by atoms with Gasteiger partial charge in [0.1, 0.15) is 6.04 Å². The first-order chi connectivity index (χ1) is 16.0. The molecule has 0 aliphatic heterocycles. The van der Waals surface area contributed by atoms with Crippen molar-refractivity contribution >= 4 is 50.1 Å². The number of nitrogens with zero attached hydrogens (tertiary/aromatic N) is 1. The van der Waals surface area contributed by atoms with Crippen LogP contribution < -0.4 is 10.6 Å². The van der Waals surface area contributed by atoms with Crippen molar-refractivity contribution in [1.29, 1.82) is 0 Å². The van der Waals surface area contributed by atoms with Gasteiger partial charge in [-0.3, -0.25) is 9.59 Å². The fourth-order valence-corrected chi connectivity index (χ4v) is 4.92. The van der Waals surface area contributed by atoms with E-state index in [4.69, 9.17) is 0 Å². The number of hydrogen-bond acceptors (Lipinski definition) is 4. The lowest BCUT2D eigenvalue weighted by Gasteiger charge is -2.16. The van der Waals surface area contributed by atoms with E-state index in [1.54, 1.807) is 0 Å². The number of benzene rings is 2. The average Bonchev–Trinajstić information content (AvgIpc) is 3.49. The first-order valence-electron chi connectivity index (χ1n) is 10.7. The van der Waals surface area contributed by atoms with Crippen molar-refractivity contribution in [3.05, 3.63) is 71.4 Å². The molecule has 7 nitrogen and oxygen atoms in total. The van der Waals surface area contributed by atoms with Gasteiger partial charge in [-0.15, -0.1) is 11.3 Å². The zero-order valence-electron chi connectivity index (χ0n) is 18.2. The minimum atomic E-state index is -0.719. The topological polar surface area (TPSA) is 103 Å². The van der Waals surface area contributed by atoms with Crippen LogP contribution in [0.25, 0.3) is 33.1 Å². The molecule has 0 bridgehead atoms. The standard InChI is InChI=1S/C25H23N5O2S/c1-14-23(18-8-4-6-10-20(18)27-14)22-13-33-25(29-22)30-24(32)21(28-15(2)31)11-16-12-26-19-9-5-3-7-17(16)19/h3-10,12-13,21,26-27H,11H2,1-2H3,(H,28,31)(H,29,30,32). The van der Waals surface area contributed by atoms with Crippen LogP contribution in [0.1, 0.15) is 18.2 Å². The van der Waals surface area contributed by atoms with Gasteiger partial charge in [0.05, 0.1) is 5.69 Å². The van der Waals surface area contributed by atoms with E-state index in [0.717, 1.165) is 44.3 Å². The van der Waals surface area contributed by atoms with E-state index in [9.17, 15) is 9.59 Å². The second-order valence-electron chi connectivity index (χ2n) is 8.01. The number of amides is 2. The molecular formula is C25H23N5O2S. The van der Waals surface area contributed by atoms with Gasteiger partial charge < -0.3 is 20.6 Å². The van der Waals surface area contributed by atoms with E-state index in [1.807, 2.05) is 61.0 Å². The number of anilines is 1. The van der Waals surface area contributed by atoms with E-state index in [-0.39, 0.29) is 11.8 Å². The molecule has 8 heteroatoms. The molecule has 2 amide bonds. The Balaban J connectivity index is 1.38. The van der Waals surface area contributed by atoms with Crippen molar-refractivity contribution < 1.29 is 9.59 Å². The summed E-state index contributed by atoms with van der Waals surface area (Å²) in [7, 11) is 0. The molecule has 0 fully saturated rings. The summed E-state index contributed by atoms with van der Waals surface area (Å²) in [6.45, 7) is 3.43. The van der Waals surface area contributed by atoms with Crippen LogP contribution in [0.15, 0.2) is 60.1 Å². The number of aromatic nitrogens is 3. The largest absolute Gasteiger partial charge is 0.361 e. The van der Waals surface area contributed by atoms with Crippen molar-refractivity contribution in [2.45, 2.75) is 26.3 Å². The summed E-state index contributed by atoms with van der Waals surface area (Å²) in [6, 6.07) is 15.2. The highest BCUT2D eigenvalue weighted by atomic mass is 32.1. The summed E-state index contributed by atoms with van der Waals surface area (Å²) in [6.07, 6.45) is 2.25. The normalized spacial score (nSPS) is 12.2. The second kappa shape index (κ2) is 8.55. The molecule has 5 aromatic rings. The summed E-state index contributed by atoms with van der Waals surface area (Å²) in [4.78, 5) is 36.2. The smallest absolute Gasteiger partial charge is 0.249 e. The SMILES string of the molecule is CC(=O)NC(Cc1c[nH]c2ccccc12)C(=O)Nc1nc(-c2c(C)[nH]c3ccccc23)cs1. The van der Waals surface area contributed by atoms with Gasteiger partial charge in [-0.1, -0.05) is 36.4 Å². The highest BCUT2D eigenvalue weighted by Crippen LogP contribution is 2.34. The summed E-state index contributed by atoms with van der Waals surface area (Å²) < 4.78 is 0. The fourth-order valence-electron chi connectivity index (χ4n) is 4.22. The molecule has 0 aliphatic carbocycles. The highest BCUT2D eigenvalue weighted by Gasteiger charge is 2.23. The number of H-pyrrole nitrogens is 2. The van der Waals surface area contributed by atoms with Crippen LogP contribution in [0.3, 0.4) is 0 Å². The molecule has 0 saturated heterocycles.